The van der Waals surface area contributed by atoms with Gasteiger partial charge in [0.25, 0.3) is 0 Å². The van der Waals surface area contributed by atoms with Crippen LogP contribution in [0, 0.1) is 12.3 Å². The summed E-state index contributed by atoms with van der Waals surface area (Å²) in [4.78, 5) is 6.86. The number of rotatable bonds is 7. The van der Waals surface area contributed by atoms with Crippen molar-refractivity contribution in [2.24, 2.45) is 7.05 Å². The summed E-state index contributed by atoms with van der Waals surface area (Å²) in [5.74, 6) is 1.40. The van der Waals surface area contributed by atoms with Crippen LogP contribution in [0.3, 0.4) is 0 Å². The second kappa shape index (κ2) is 8.12. The highest BCUT2D eigenvalue weighted by atomic mass is 16.5. The van der Waals surface area contributed by atoms with E-state index >= 15 is 0 Å². The second-order valence-electron chi connectivity index (χ2n) is 6.98. The Balaban J connectivity index is 1.89. The van der Waals surface area contributed by atoms with Crippen LogP contribution >= 0.6 is 0 Å². The monoisotopic (exact) mass is 373 g/mol. The first kappa shape index (κ1) is 19.4. The molecule has 0 atom stereocenters. The van der Waals surface area contributed by atoms with Crippen molar-refractivity contribution in [3.05, 3.63) is 34.2 Å². The number of hydrogen-bond donors (Lipinski definition) is 2. The number of nitrogens with one attached hydrogen (secondary N) is 2. The third-order valence-corrected chi connectivity index (χ3v) is 5.30. The Kier molecular flexibility index (Phi) is 5.84. The Morgan fingerprint density at radius 3 is 2.78 bits per heavy atom. The summed E-state index contributed by atoms with van der Waals surface area (Å²) >= 11 is 0. The van der Waals surface area contributed by atoms with Gasteiger partial charge < -0.3 is 15.1 Å². The van der Waals surface area contributed by atoms with Gasteiger partial charge in [-0.15, -0.1) is 0 Å². The van der Waals surface area contributed by atoms with Gasteiger partial charge in [0.05, 0.1) is 11.4 Å². The highest BCUT2D eigenvalue weighted by Crippen LogP contribution is 2.25. The van der Waals surface area contributed by atoms with E-state index in [4.69, 9.17) is 15.1 Å². The molecule has 0 bridgehead atoms. The molecule has 3 rings (SSSR count). The SMILES string of the molecule is CCc1nn(C)c2c1CN(C(=N)c1c(CCCOC)nc(C)n1NC)CC2. The fourth-order valence-corrected chi connectivity index (χ4v) is 3.96. The molecule has 0 aliphatic carbocycles. The number of nitrogens with zero attached hydrogens (tertiary/aromatic N) is 5. The smallest absolute Gasteiger partial charge is 0.149 e. The van der Waals surface area contributed by atoms with Gasteiger partial charge in [-0.1, -0.05) is 6.92 Å². The molecule has 0 saturated carbocycles. The van der Waals surface area contributed by atoms with Crippen LogP contribution in [0.25, 0.3) is 0 Å². The van der Waals surface area contributed by atoms with Crippen molar-refractivity contribution < 1.29 is 4.74 Å². The summed E-state index contributed by atoms with van der Waals surface area (Å²) < 4.78 is 9.11. The third kappa shape index (κ3) is 3.58. The molecule has 0 radical (unpaired) electrons. The highest BCUT2D eigenvalue weighted by molar-refractivity contribution is 5.96. The Labute approximate surface area is 161 Å². The van der Waals surface area contributed by atoms with Gasteiger partial charge in [0.15, 0.2) is 0 Å². The number of aryl methyl sites for hydroxylation is 4. The number of aromatic nitrogens is 4. The van der Waals surface area contributed by atoms with E-state index in [0.29, 0.717) is 12.4 Å². The molecule has 0 saturated heterocycles. The summed E-state index contributed by atoms with van der Waals surface area (Å²) in [7, 11) is 5.60. The Hall–Kier alpha value is -2.35. The van der Waals surface area contributed by atoms with Crippen molar-refractivity contribution in [3.63, 3.8) is 0 Å². The van der Waals surface area contributed by atoms with Gasteiger partial charge >= 0.3 is 0 Å². The van der Waals surface area contributed by atoms with E-state index in [-0.39, 0.29) is 0 Å². The van der Waals surface area contributed by atoms with E-state index in [1.807, 2.05) is 30.4 Å². The van der Waals surface area contributed by atoms with E-state index in [2.05, 4.69) is 22.3 Å². The summed E-state index contributed by atoms with van der Waals surface area (Å²) in [5.41, 5.74) is 8.72. The highest BCUT2D eigenvalue weighted by Gasteiger charge is 2.28. The fraction of sp³-hybridized carbons (Fsp3) is 0.632. The number of methoxy groups -OCH3 is 1. The molecule has 1 aliphatic rings. The molecule has 3 heterocycles. The van der Waals surface area contributed by atoms with Crippen LogP contribution in [0.1, 0.15) is 47.5 Å². The summed E-state index contributed by atoms with van der Waals surface area (Å²) in [6, 6.07) is 0. The lowest BCUT2D eigenvalue weighted by atomic mass is 10.0. The Morgan fingerprint density at radius 2 is 2.11 bits per heavy atom. The molecule has 2 N–H and O–H groups in total. The molecule has 0 spiro atoms. The van der Waals surface area contributed by atoms with Crippen molar-refractivity contribution in [2.45, 2.75) is 46.1 Å². The van der Waals surface area contributed by atoms with Crippen LogP contribution in [0.5, 0.6) is 0 Å². The number of fused-ring (bicyclic) bond motifs is 1. The molecule has 1 aliphatic heterocycles. The van der Waals surface area contributed by atoms with Crippen LogP contribution in [0.4, 0.5) is 0 Å². The van der Waals surface area contributed by atoms with Crippen molar-refractivity contribution in [3.8, 4) is 0 Å². The molecule has 2 aromatic heterocycles. The van der Waals surface area contributed by atoms with Gasteiger partial charge in [-0.2, -0.15) is 5.10 Å². The topological polar surface area (TPSA) is 84.0 Å². The predicted octanol–water partition coefficient (Wildman–Crippen LogP) is 1.62. The Bertz CT molecular complexity index is 821. The third-order valence-electron chi connectivity index (χ3n) is 5.30. The number of imidazole rings is 1. The minimum absolute atomic E-state index is 0.522. The molecular formula is C19H31N7O. The average Bonchev–Trinajstić information content (AvgIpc) is 3.17. The molecule has 0 unspecified atom stereocenters. The maximum absolute atomic E-state index is 8.95. The first-order valence-corrected chi connectivity index (χ1v) is 9.64. The van der Waals surface area contributed by atoms with E-state index in [9.17, 15) is 0 Å². The zero-order chi connectivity index (χ0) is 19.6. The summed E-state index contributed by atoms with van der Waals surface area (Å²) in [6.07, 6.45) is 3.52. The van der Waals surface area contributed by atoms with E-state index < -0.39 is 0 Å². The number of amidine groups is 1. The molecule has 2 aromatic rings. The van der Waals surface area contributed by atoms with Gasteiger partial charge in [0.1, 0.15) is 17.4 Å². The largest absolute Gasteiger partial charge is 0.385 e. The number of ether oxygens (including phenoxy) is 1. The van der Waals surface area contributed by atoms with Gasteiger partial charge in [-0.3, -0.25) is 10.1 Å². The zero-order valence-electron chi connectivity index (χ0n) is 17.1. The van der Waals surface area contributed by atoms with Crippen molar-refractivity contribution >= 4 is 5.84 Å². The Morgan fingerprint density at radius 1 is 1.33 bits per heavy atom. The van der Waals surface area contributed by atoms with E-state index in [0.717, 1.165) is 61.7 Å². The lowest BCUT2D eigenvalue weighted by Gasteiger charge is -2.30. The molecule has 0 aromatic carbocycles. The second-order valence-corrected chi connectivity index (χ2v) is 6.98. The normalized spacial score (nSPS) is 13.7. The minimum atomic E-state index is 0.522. The molecule has 148 valence electrons. The average molecular weight is 374 g/mol. The summed E-state index contributed by atoms with van der Waals surface area (Å²) in [6.45, 7) is 6.36. The minimum Gasteiger partial charge on any atom is -0.385 e. The van der Waals surface area contributed by atoms with Gasteiger partial charge in [-0.05, 0) is 26.2 Å². The standard InChI is InChI=1S/C19H31N7O/c1-6-15-14-12-25(10-9-17(14)24(4)23-15)19(20)18-16(8-7-11-27-5)22-13(2)26(18)21-3/h20-21H,6-12H2,1-5H3. The van der Waals surface area contributed by atoms with Crippen LogP contribution in [0.15, 0.2) is 0 Å². The van der Waals surface area contributed by atoms with Crippen LogP contribution < -0.4 is 5.43 Å². The van der Waals surface area contributed by atoms with Gasteiger partial charge in [0.2, 0.25) is 0 Å². The van der Waals surface area contributed by atoms with Gasteiger partial charge in [-0.25, -0.2) is 9.66 Å². The first-order valence-electron chi connectivity index (χ1n) is 9.64. The maximum atomic E-state index is 8.95. The van der Waals surface area contributed by atoms with Crippen LogP contribution in [-0.4, -0.2) is 57.5 Å². The molecule has 8 heteroatoms. The fourth-order valence-electron chi connectivity index (χ4n) is 3.96. The molecule has 8 nitrogen and oxygen atoms in total. The van der Waals surface area contributed by atoms with Crippen LogP contribution in [0.2, 0.25) is 0 Å². The van der Waals surface area contributed by atoms with E-state index in [1.165, 1.54) is 11.3 Å². The zero-order valence-corrected chi connectivity index (χ0v) is 17.1. The first-order chi connectivity index (χ1) is 13.0. The maximum Gasteiger partial charge on any atom is 0.149 e. The molecule has 0 amide bonds. The van der Waals surface area contributed by atoms with Crippen LogP contribution in [-0.2, 0) is 37.6 Å². The van der Waals surface area contributed by atoms with Crippen molar-refractivity contribution in [1.29, 1.82) is 5.41 Å². The quantitative estimate of drug-likeness (QED) is 0.438. The van der Waals surface area contributed by atoms with Crippen molar-refractivity contribution in [1.82, 2.24) is 24.3 Å². The van der Waals surface area contributed by atoms with E-state index in [1.54, 1.807) is 7.11 Å². The van der Waals surface area contributed by atoms with Crippen molar-refractivity contribution in [2.75, 3.05) is 32.7 Å². The lowest BCUT2D eigenvalue weighted by Crippen LogP contribution is -2.38. The summed E-state index contributed by atoms with van der Waals surface area (Å²) in [5, 5.41) is 13.6. The predicted molar refractivity (Wildman–Crippen MR) is 106 cm³/mol. The molecule has 27 heavy (non-hydrogen) atoms. The molecular weight excluding hydrogens is 342 g/mol. The van der Waals surface area contributed by atoms with Gasteiger partial charge in [0, 0.05) is 58.6 Å². The lowest BCUT2D eigenvalue weighted by molar-refractivity contribution is 0.195. The molecule has 0 fully saturated rings. The number of hydrogen-bond acceptors (Lipinski definition) is 5.